The van der Waals surface area contributed by atoms with Crippen LogP contribution in [-0.2, 0) is 12.1 Å². The first kappa shape index (κ1) is 18.3. The first-order valence-corrected chi connectivity index (χ1v) is 9.76. The number of hydrogen-bond acceptors (Lipinski definition) is 6. The third-order valence-electron chi connectivity index (χ3n) is 5.68. The van der Waals surface area contributed by atoms with Gasteiger partial charge in [-0.05, 0) is 38.2 Å². The molecule has 2 fully saturated rings. The Kier molecular flexibility index (Phi) is 5.31. The fourth-order valence-electron chi connectivity index (χ4n) is 4.03. The minimum atomic E-state index is -1.14. The lowest BCUT2D eigenvalue weighted by Gasteiger charge is -2.38. The molecule has 0 amide bonds. The van der Waals surface area contributed by atoms with Crippen molar-refractivity contribution >= 4 is 5.95 Å². The third kappa shape index (κ3) is 4.09. The van der Waals surface area contributed by atoms with Crippen molar-refractivity contribution < 1.29 is 9.50 Å². The van der Waals surface area contributed by atoms with Crippen LogP contribution in [0.1, 0.15) is 43.2 Å². The van der Waals surface area contributed by atoms with Gasteiger partial charge in [0.15, 0.2) is 0 Å². The van der Waals surface area contributed by atoms with Gasteiger partial charge in [-0.3, -0.25) is 4.90 Å². The summed E-state index contributed by atoms with van der Waals surface area (Å²) >= 11 is 0. The number of hydrogen-bond donors (Lipinski definition) is 1. The lowest BCUT2D eigenvalue weighted by molar-refractivity contribution is -0.0308. The molecule has 0 radical (unpaired) electrons. The van der Waals surface area contributed by atoms with E-state index in [0.717, 1.165) is 31.1 Å². The van der Waals surface area contributed by atoms with Crippen molar-refractivity contribution in [3.05, 3.63) is 47.8 Å². The van der Waals surface area contributed by atoms with Crippen molar-refractivity contribution in [1.82, 2.24) is 19.9 Å². The molecule has 6 nitrogen and oxygen atoms in total. The van der Waals surface area contributed by atoms with Gasteiger partial charge in [-0.25, -0.2) is 15.0 Å². The van der Waals surface area contributed by atoms with Crippen molar-refractivity contribution in [2.24, 2.45) is 0 Å². The summed E-state index contributed by atoms with van der Waals surface area (Å²) in [7, 11) is 0. The maximum atomic E-state index is 13.9. The second-order valence-corrected chi connectivity index (χ2v) is 7.59. The summed E-state index contributed by atoms with van der Waals surface area (Å²) in [5.41, 5.74) is 0.233. The highest BCUT2D eigenvalue weighted by Crippen LogP contribution is 2.34. The summed E-state index contributed by atoms with van der Waals surface area (Å²) in [4.78, 5) is 17.2. The number of aromatic nitrogens is 3. The van der Waals surface area contributed by atoms with Crippen molar-refractivity contribution in [1.29, 1.82) is 0 Å². The molecule has 0 atom stereocenters. The summed E-state index contributed by atoms with van der Waals surface area (Å²) in [5.74, 6) is 0.244. The van der Waals surface area contributed by atoms with Crippen molar-refractivity contribution in [3.8, 4) is 0 Å². The third-order valence-corrected chi connectivity index (χ3v) is 5.68. The Bertz CT molecular complexity index is 755. The summed E-state index contributed by atoms with van der Waals surface area (Å²) in [6.07, 6.45) is 9.89. The Hall–Kier alpha value is -2.12. The molecule has 4 heterocycles. The van der Waals surface area contributed by atoms with Gasteiger partial charge in [-0.15, -0.1) is 0 Å². The summed E-state index contributed by atoms with van der Waals surface area (Å²) in [5, 5.41) is 10.9. The number of rotatable bonds is 4. The first-order chi connectivity index (χ1) is 13.1. The van der Waals surface area contributed by atoms with E-state index >= 15 is 0 Å². The predicted octanol–water partition coefficient (Wildman–Crippen LogP) is 2.48. The van der Waals surface area contributed by atoms with Crippen LogP contribution < -0.4 is 4.90 Å². The highest BCUT2D eigenvalue weighted by molar-refractivity contribution is 5.30. The van der Waals surface area contributed by atoms with Crippen LogP contribution in [0, 0.1) is 5.95 Å². The van der Waals surface area contributed by atoms with Crippen LogP contribution >= 0.6 is 0 Å². The highest BCUT2D eigenvalue weighted by Gasteiger charge is 2.36. The zero-order valence-corrected chi connectivity index (χ0v) is 15.5. The predicted molar refractivity (Wildman–Crippen MR) is 101 cm³/mol. The molecule has 2 aromatic rings. The summed E-state index contributed by atoms with van der Waals surface area (Å²) in [6, 6.07) is 3.30. The number of anilines is 1. The van der Waals surface area contributed by atoms with Gasteiger partial charge in [0.2, 0.25) is 11.9 Å². The molecule has 2 aliphatic rings. The number of likely N-dealkylation sites (tertiary alicyclic amines) is 1. The molecule has 0 aromatic carbocycles. The SMILES string of the molecule is OC1(c2cccnc2F)CCN(Cc2cnc(N3CCCCC3)nc2)CC1. The van der Waals surface area contributed by atoms with E-state index in [9.17, 15) is 9.50 Å². The second kappa shape index (κ2) is 7.86. The molecule has 4 rings (SSSR count). The van der Waals surface area contributed by atoms with Gasteiger partial charge < -0.3 is 10.0 Å². The molecule has 0 spiro atoms. The molecule has 0 saturated carbocycles. The molecule has 7 heteroatoms. The second-order valence-electron chi connectivity index (χ2n) is 7.59. The number of nitrogens with zero attached hydrogens (tertiary/aromatic N) is 5. The molecule has 1 N–H and O–H groups in total. The molecule has 2 aliphatic heterocycles. The van der Waals surface area contributed by atoms with E-state index in [1.54, 1.807) is 12.1 Å². The number of pyridine rings is 1. The van der Waals surface area contributed by atoms with Gasteiger partial charge in [0.05, 0.1) is 5.60 Å². The van der Waals surface area contributed by atoms with Crippen LogP contribution in [0.4, 0.5) is 10.3 Å². The Morgan fingerprint density at radius 2 is 1.70 bits per heavy atom. The molecular weight excluding hydrogens is 345 g/mol. The molecule has 27 heavy (non-hydrogen) atoms. The standard InChI is InChI=1S/C20H26FN5O/c21-18-17(5-4-8-22-18)20(27)6-11-25(12-7-20)15-16-13-23-19(24-14-16)26-9-2-1-3-10-26/h4-5,8,13-14,27H,1-3,6-7,9-12,15H2. The van der Waals surface area contributed by atoms with Crippen LogP contribution in [0.2, 0.25) is 0 Å². The average Bonchev–Trinajstić information content (AvgIpc) is 2.71. The zero-order valence-electron chi connectivity index (χ0n) is 15.5. The Morgan fingerprint density at radius 1 is 1.00 bits per heavy atom. The summed E-state index contributed by atoms with van der Waals surface area (Å²) in [6.45, 7) is 4.20. The van der Waals surface area contributed by atoms with Gasteiger partial charge in [-0.2, -0.15) is 4.39 Å². The monoisotopic (exact) mass is 371 g/mol. The number of aliphatic hydroxyl groups is 1. The molecular formula is C20H26FN5O. The largest absolute Gasteiger partial charge is 0.385 e. The minimum Gasteiger partial charge on any atom is -0.385 e. The first-order valence-electron chi connectivity index (χ1n) is 9.76. The normalized spacial score (nSPS) is 20.6. The molecule has 144 valence electrons. The Balaban J connectivity index is 1.34. The van der Waals surface area contributed by atoms with Crippen LogP contribution in [0.3, 0.4) is 0 Å². The van der Waals surface area contributed by atoms with Crippen LogP contribution in [0.15, 0.2) is 30.7 Å². The van der Waals surface area contributed by atoms with Gasteiger partial charge in [-0.1, -0.05) is 6.07 Å². The van der Waals surface area contributed by atoms with E-state index < -0.39 is 11.5 Å². The number of halogens is 1. The van der Waals surface area contributed by atoms with Gasteiger partial charge in [0.1, 0.15) is 0 Å². The molecule has 0 aliphatic carbocycles. The van der Waals surface area contributed by atoms with Crippen LogP contribution in [0.25, 0.3) is 0 Å². The smallest absolute Gasteiger partial charge is 0.225 e. The van der Waals surface area contributed by atoms with Gasteiger partial charge in [0.25, 0.3) is 0 Å². The fraction of sp³-hybridized carbons (Fsp3) is 0.550. The van der Waals surface area contributed by atoms with Crippen molar-refractivity contribution in [2.45, 2.75) is 44.2 Å². The van der Waals surface area contributed by atoms with Crippen LogP contribution in [0.5, 0.6) is 0 Å². The lowest BCUT2D eigenvalue weighted by atomic mass is 9.85. The van der Waals surface area contributed by atoms with Crippen molar-refractivity contribution in [3.63, 3.8) is 0 Å². The molecule has 2 aromatic heterocycles. The Morgan fingerprint density at radius 3 is 2.37 bits per heavy atom. The maximum absolute atomic E-state index is 13.9. The molecule has 0 unspecified atom stereocenters. The van der Waals surface area contributed by atoms with Crippen molar-refractivity contribution in [2.75, 3.05) is 31.1 Å². The van der Waals surface area contributed by atoms with E-state index in [0.29, 0.717) is 31.5 Å². The summed E-state index contributed by atoms with van der Waals surface area (Å²) < 4.78 is 13.9. The van der Waals surface area contributed by atoms with Gasteiger partial charge >= 0.3 is 0 Å². The van der Waals surface area contributed by atoms with Crippen LogP contribution in [-0.4, -0.2) is 51.1 Å². The number of piperidine rings is 2. The minimum absolute atomic E-state index is 0.305. The molecule has 0 bridgehead atoms. The van der Waals surface area contributed by atoms with E-state index in [1.165, 1.54) is 25.5 Å². The maximum Gasteiger partial charge on any atom is 0.225 e. The lowest BCUT2D eigenvalue weighted by Crippen LogP contribution is -2.42. The Labute approximate surface area is 159 Å². The zero-order chi connectivity index (χ0) is 18.7. The highest BCUT2D eigenvalue weighted by atomic mass is 19.1. The van der Waals surface area contributed by atoms with E-state index in [2.05, 4.69) is 24.8 Å². The van der Waals surface area contributed by atoms with E-state index in [1.807, 2.05) is 12.4 Å². The van der Waals surface area contributed by atoms with E-state index in [4.69, 9.17) is 0 Å². The topological polar surface area (TPSA) is 65.4 Å². The average molecular weight is 371 g/mol. The quantitative estimate of drug-likeness (QED) is 0.833. The van der Waals surface area contributed by atoms with Gasteiger partial charge in [0, 0.05) is 62.4 Å². The fourth-order valence-corrected chi connectivity index (χ4v) is 4.03. The van der Waals surface area contributed by atoms with E-state index in [-0.39, 0.29) is 0 Å². The molecule has 2 saturated heterocycles.